The number of hydrogen-bond donors (Lipinski definition) is 2. The number of carbonyl (C=O) groups excluding carboxylic acids is 4. The second kappa shape index (κ2) is 16.5. The summed E-state index contributed by atoms with van der Waals surface area (Å²) in [4.78, 5) is 66.4. The molecule has 0 radical (unpaired) electrons. The van der Waals surface area contributed by atoms with Crippen LogP contribution in [0.25, 0.3) is 0 Å². The van der Waals surface area contributed by atoms with E-state index in [1.165, 1.54) is 49.0 Å². The first-order valence-electron chi connectivity index (χ1n) is 9.00. The van der Waals surface area contributed by atoms with Gasteiger partial charge in [0.25, 0.3) is 0 Å². The molecule has 4 amide bonds. The van der Waals surface area contributed by atoms with Crippen molar-refractivity contribution in [2.75, 3.05) is 28.2 Å². The Hall–Kier alpha value is -3.10. The third kappa shape index (κ3) is 14.7. The van der Waals surface area contributed by atoms with E-state index in [2.05, 4.69) is 40.6 Å². The highest BCUT2D eigenvalue weighted by molar-refractivity contribution is 7.95. The molecule has 0 saturated heterocycles. The van der Waals surface area contributed by atoms with Crippen molar-refractivity contribution in [3.8, 4) is 0 Å². The lowest BCUT2D eigenvalue weighted by Gasteiger charge is -2.20. The summed E-state index contributed by atoms with van der Waals surface area (Å²) in [6, 6.07) is 0. The number of nitrogens with one attached hydrogen (secondary N) is 2. The normalized spacial score (nSPS) is 10.5. The van der Waals surface area contributed by atoms with Crippen LogP contribution in [0.3, 0.4) is 0 Å². The van der Waals surface area contributed by atoms with Gasteiger partial charge in [0.1, 0.15) is 9.98 Å². The third-order valence-electron chi connectivity index (χ3n) is 2.72. The van der Waals surface area contributed by atoms with Crippen LogP contribution in [0, 0.1) is 0 Å². The highest BCUT2D eigenvalue weighted by Gasteiger charge is 2.20. The number of hydrogen-bond acceptors (Lipinski definition) is 14. The molecule has 0 atom stereocenters. The van der Waals surface area contributed by atoms with Crippen molar-refractivity contribution in [2.24, 2.45) is 10.3 Å². The molecule has 0 unspecified atom stereocenters. The van der Waals surface area contributed by atoms with E-state index in [1.54, 1.807) is 0 Å². The number of hydroxylamine groups is 2. The van der Waals surface area contributed by atoms with Gasteiger partial charge in [-0.2, -0.15) is 0 Å². The zero-order valence-electron chi connectivity index (χ0n) is 19.7. The van der Waals surface area contributed by atoms with Gasteiger partial charge in [-0.3, -0.25) is 9.68 Å². The largest absolute Gasteiger partial charge is 0.447 e. The van der Waals surface area contributed by atoms with Crippen LogP contribution in [0.15, 0.2) is 10.3 Å². The summed E-state index contributed by atoms with van der Waals surface area (Å²) in [7, 11) is 5.33. The lowest BCUT2D eigenvalue weighted by atomic mass is 10.5. The smallest absolute Gasteiger partial charge is 0.323 e. The Balaban J connectivity index is 4.52. The van der Waals surface area contributed by atoms with Crippen LogP contribution in [-0.2, 0) is 19.4 Å². The number of rotatable bonds is 7. The molecule has 0 aromatic heterocycles. The minimum Gasteiger partial charge on any atom is -0.323 e. The van der Waals surface area contributed by atoms with E-state index in [9.17, 15) is 19.2 Å². The van der Waals surface area contributed by atoms with Gasteiger partial charge < -0.3 is 9.68 Å². The van der Waals surface area contributed by atoms with Crippen molar-refractivity contribution in [1.82, 2.24) is 28.2 Å². The van der Waals surface area contributed by atoms with Crippen molar-refractivity contribution >= 4 is 95.0 Å². The Bertz CT molecular complexity index is 874. The molecule has 0 aliphatic rings. The number of thiocarbonyl (C=S) groups is 2. The van der Waals surface area contributed by atoms with Crippen LogP contribution < -0.4 is 11.0 Å². The Labute approximate surface area is 220 Å². The predicted molar refractivity (Wildman–Crippen MR) is 137 cm³/mol. The second-order valence-electron chi connectivity index (χ2n) is 5.89. The summed E-state index contributed by atoms with van der Waals surface area (Å²) < 4.78 is 3.89. The summed E-state index contributed by atoms with van der Waals surface area (Å²) in [6.07, 6.45) is -2.49. The molecule has 0 aliphatic heterocycles. The molecular weight excluding hydrogens is 548 g/mol. The number of amides is 4. The lowest BCUT2D eigenvalue weighted by molar-refractivity contribution is 0.106. The first-order chi connectivity index (χ1) is 16.2. The minimum absolute atomic E-state index is 0.0654. The first-order valence-corrected chi connectivity index (χ1v) is 11.3. The molecule has 0 rings (SSSR count). The Kier molecular flexibility index (Phi) is 15.1. The van der Waals surface area contributed by atoms with Crippen LogP contribution >= 0.6 is 48.7 Å². The van der Waals surface area contributed by atoms with Crippen LogP contribution in [0.2, 0.25) is 0 Å². The van der Waals surface area contributed by atoms with E-state index in [1.807, 2.05) is 0 Å². The van der Waals surface area contributed by atoms with E-state index in [0.29, 0.717) is 24.3 Å². The second-order valence-corrected chi connectivity index (χ2v) is 9.63. The minimum atomic E-state index is -0.931. The molecule has 2 N–H and O–H groups in total. The van der Waals surface area contributed by atoms with Crippen molar-refractivity contribution in [1.29, 1.82) is 0 Å². The fourth-order valence-electron chi connectivity index (χ4n) is 1.26. The molecule has 0 bridgehead atoms. The summed E-state index contributed by atoms with van der Waals surface area (Å²) in [5.41, 5.74) is 4.49. The average Bonchev–Trinajstić information content (AvgIpc) is 2.78. The molecule has 0 aromatic rings. The summed E-state index contributed by atoms with van der Waals surface area (Å²) >= 11 is 10.7. The van der Waals surface area contributed by atoms with Crippen LogP contribution in [0.1, 0.15) is 20.8 Å². The maximum atomic E-state index is 12.0. The van der Waals surface area contributed by atoms with Gasteiger partial charge in [0.05, 0.1) is 36.2 Å². The first kappa shape index (κ1) is 31.9. The van der Waals surface area contributed by atoms with E-state index < -0.39 is 24.4 Å². The Morgan fingerprint density at radius 3 is 1.49 bits per heavy atom. The SMILES string of the molecule is CC(=S)NOC(=O)N(C)SN(C)C(=O)O/N=C\C(C)=N/OC(=O)N(C)SN(C)C(=O)ONC(C)=S. The quantitative estimate of drug-likeness (QED) is 0.150. The van der Waals surface area contributed by atoms with Gasteiger partial charge in [0.15, 0.2) is 0 Å². The highest BCUT2D eigenvalue weighted by Crippen LogP contribution is 2.15. The summed E-state index contributed by atoms with van der Waals surface area (Å²) in [5, 5.41) is 6.92. The van der Waals surface area contributed by atoms with Gasteiger partial charge in [-0.15, -0.1) is 0 Å². The van der Waals surface area contributed by atoms with Crippen molar-refractivity contribution in [3.63, 3.8) is 0 Å². The zero-order chi connectivity index (χ0) is 27.1. The zero-order valence-corrected chi connectivity index (χ0v) is 22.9. The molecule has 196 valence electrons. The number of nitrogens with zero attached hydrogens (tertiary/aromatic N) is 6. The Morgan fingerprint density at radius 2 is 1.09 bits per heavy atom. The molecule has 16 nitrogen and oxygen atoms in total. The molecule has 0 heterocycles. The fraction of sp³-hybridized carbons (Fsp3) is 0.467. The average molecular weight is 573 g/mol. The standard InChI is InChI=1S/C15H24N8O8S4/c1-9(17-29-13(25)21(5)35-23(7)15(27)31-19-11(3)33)8-16-28-12(24)20(4)34-22(6)14(26)30-18-10(2)32/h8H,1-7H3,(H,18,32)(H,19,33)/b16-8-,17-9-. The van der Waals surface area contributed by atoms with E-state index >= 15 is 0 Å². The van der Waals surface area contributed by atoms with Gasteiger partial charge in [0, 0.05) is 28.2 Å². The van der Waals surface area contributed by atoms with Crippen molar-refractivity contribution in [2.45, 2.75) is 20.8 Å². The topological polar surface area (TPSA) is 167 Å². The summed E-state index contributed by atoms with van der Waals surface area (Å²) in [6.45, 7) is 4.44. The lowest BCUT2D eigenvalue weighted by Crippen LogP contribution is -2.33. The molecule has 0 aliphatic carbocycles. The van der Waals surface area contributed by atoms with E-state index in [0.717, 1.165) is 23.4 Å². The van der Waals surface area contributed by atoms with Gasteiger partial charge in [0.2, 0.25) is 0 Å². The van der Waals surface area contributed by atoms with Gasteiger partial charge >= 0.3 is 24.4 Å². The highest BCUT2D eigenvalue weighted by atomic mass is 32.2. The van der Waals surface area contributed by atoms with Gasteiger partial charge in [-0.25, -0.2) is 47.4 Å². The molecule has 0 saturated carbocycles. The van der Waals surface area contributed by atoms with Crippen molar-refractivity contribution in [3.05, 3.63) is 0 Å². The predicted octanol–water partition coefficient (Wildman–Crippen LogP) is 2.45. The maximum absolute atomic E-state index is 12.0. The molecule has 0 fully saturated rings. The monoisotopic (exact) mass is 572 g/mol. The molecule has 20 heteroatoms. The molecule has 35 heavy (non-hydrogen) atoms. The molecule has 0 aromatic carbocycles. The Morgan fingerprint density at radius 1 is 0.714 bits per heavy atom. The maximum Gasteiger partial charge on any atom is 0.447 e. The number of oxime groups is 2. The van der Waals surface area contributed by atoms with Crippen molar-refractivity contribution < 1.29 is 38.5 Å². The number of carbonyl (C=O) groups is 4. The van der Waals surface area contributed by atoms with Gasteiger partial charge in [-0.05, 0) is 20.8 Å². The summed E-state index contributed by atoms with van der Waals surface area (Å²) in [5.74, 6) is 0. The van der Waals surface area contributed by atoms with E-state index in [-0.39, 0.29) is 15.7 Å². The van der Waals surface area contributed by atoms with Crippen LogP contribution in [0.4, 0.5) is 19.2 Å². The van der Waals surface area contributed by atoms with Crippen LogP contribution in [-0.4, -0.2) is 91.7 Å². The van der Waals surface area contributed by atoms with Gasteiger partial charge in [-0.1, -0.05) is 34.7 Å². The fourth-order valence-corrected chi connectivity index (χ4v) is 2.48. The molecule has 0 spiro atoms. The van der Waals surface area contributed by atoms with E-state index in [4.69, 9.17) is 24.4 Å². The van der Waals surface area contributed by atoms with Crippen LogP contribution in [0.5, 0.6) is 0 Å². The third-order valence-corrected chi connectivity index (χ3v) is 4.46. The molecular formula is C15H24N8O8S4.